The van der Waals surface area contributed by atoms with Crippen molar-refractivity contribution >= 4 is 0 Å². The van der Waals surface area contributed by atoms with Crippen LogP contribution in [0.1, 0.15) is 24.6 Å². The van der Waals surface area contributed by atoms with E-state index < -0.39 is 0 Å². The second-order valence-electron chi connectivity index (χ2n) is 6.34. The lowest BCUT2D eigenvalue weighted by Gasteiger charge is -2.42. The molecular weight excluding hydrogens is 282 g/mol. The number of β-amino-alcohol motifs (C(OH)–C–C–N with tert-alkyl or cyclic N) is 1. The molecule has 0 saturated carbocycles. The number of nitrogens with zero attached hydrogens (tertiary/aromatic N) is 5. The molecule has 2 saturated heterocycles. The van der Waals surface area contributed by atoms with Gasteiger partial charge in [-0.25, -0.2) is 0 Å². The highest BCUT2D eigenvalue weighted by molar-refractivity contribution is 4.88. The third kappa shape index (κ3) is 4.04. The molecule has 0 aliphatic carbocycles. The average molecular weight is 309 g/mol. The van der Waals surface area contributed by atoms with Crippen LogP contribution in [0.15, 0.2) is 4.52 Å². The number of aryl methyl sites for hydroxylation is 1. The summed E-state index contributed by atoms with van der Waals surface area (Å²) in [6.45, 7) is 10.4. The number of aliphatic hydroxyl groups is 1. The van der Waals surface area contributed by atoms with E-state index in [1.165, 1.54) is 12.8 Å². The Labute approximate surface area is 131 Å². The van der Waals surface area contributed by atoms with Crippen LogP contribution in [0.4, 0.5) is 0 Å². The van der Waals surface area contributed by atoms with Gasteiger partial charge in [0.15, 0.2) is 5.82 Å². The molecule has 124 valence electrons. The zero-order valence-corrected chi connectivity index (χ0v) is 13.4. The monoisotopic (exact) mass is 309 g/mol. The molecule has 0 aromatic carbocycles. The van der Waals surface area contributed by atoms with Gasteiger partial charge in [-0.15, -0.1) is 0 Å². The molecule has 0 radical (unpaired) electrons. The predicted molar refractivity (Wildman–Crippen MR) is 82.4 cm³/mol. The predicted octanol–water partition coefficient (Wildman–Crippen LogP) is -0.0477. The fourth-order valence-electron chi connectivity index (χ4n) is 3.54. The Balaban J connectivity index is 1.40. The topological polar surface area (TPSA) is 68.9 Å². The minimum absolute atomic E-state index is 0.272. The summed E-state index contributed by atoms with van der Waals surface area (Å²) in [6.07, 6.45) is 2.44. The Morgan fingerprint density at radius 1 is 1.09 bits per heavy atom. The molecule has 7 heteroatoms. The molecule has 1 aromatic heterocycles. The van der Waals surface area contributed by atoms with Gasteiger partial charge in [0.1, 0.15) is 0 Å². The number of piperazine rings is 1. The summed E-state index contributed by atoms with van der Waals surface area (Å²) >= 11 is 0. The molecule has 3 rings (SSSR count). The molecule has 2 aliphatic rings. The van der Waals surface area contributed by atoms with Crippen LogP contribution < -0.4 is 0 Å². The van der Waals surface area contributed by atoms with E-state index in [-0.39, 0.29) is 6.61 Å². The van der Waals surface area contributed by atoms with Crippen LogP contribution in [0.5, 0.6) is 0 Å². The lowest BCUT2D eigenvalue weighted by atomic mass is 10.0. The van der Waals surface area contributed by atoms with Crippen molar-refractivity contribution in [1.29, 1.82) is 0 Å². The first-order valence-corrected chi connectivity index (χ1v) is 8.33. The van der Waals surface area contributed by atoms with E-state index in [0.29, 0.717) is 11.9 Å². The number of hydrogen-bond donors (Lipinski definition) is 1. The van der Waals surface area contributed by atoms with Crippen molar-refractivity contribution in [3.8, 4) is 0 Å². The number of likely N-dealkylation sites (tertiary alicyclic amines) is 1. The normalized spacial score (nSPS) is 23.2. The van der Waals surface area contributed by atoms with Gasteiger partial charge in [0.25, 0.3) is 0 Å². The van der Waals surface area contributed by atoms with Gasteiger partial charge in [0, 0.05) is 58.8 Å². The van der Waals surface area contributed by atoms with Crippen molar-refractivity contribution < 1.29 is 9.63 Å². The van der Waals surface area contributed by atoms with E-state index in [4.69, 9.17) is 9.63 Å². The molecule has 0 bridgehead atoms. The van der Waals surface area contributed by atoms with E-state index in [2.05, 4.69) is 24.8 Å². The first-order chi connectivity index (χ1) is 10.7. The standard InChI is InChI=1S/C15H27N5O2/c1-13-16-15(17-22-13)12-19-4-2-14(3-5-19)20-8-6-18(7-9-20)10-11-21/h14,21H,2-12H2,1H3. The van der Waals surface area contributed by atoms with Crippen molar-refractivity contribution in [3.63, 3.8) is 0 Å². The molecule has 0 unspecified atom stereocenters. The summed E-state index contributed by atoms with van der Waals surface area (Å²) in [7, 11) is 0. The SMILES string of the molecule is Cc1nc(CN2CCC(N3CCN(CCO)CC3)CC2)no1. The van der Waals surface area contributed by atoms with E-state index in [1.807, 2.05) is 6.92 Å². The van der Waals surface area contributed by atoms with Crippen LogP contribution >= 0.6 is 0 Å². The Morgan fingerprint density at radius 3 is 2.41 bits per heavy atom. The summed E-state index contributed by atoms with van der Waals surface area (Å²) in [4.78, 5) is 11.7. The van der Waals surface area contributed by atoms with Gasteiger partial charge in [0.2, 0.25) is 5.89 Å². The molecule has 0 atom stereocenters. The van der Waals surface area contributed by atoms with Crippen molar-refractivity contribution in [3.05, 3.63) is 11.7 Å². The number of hydrogen-bond acceptors (Lipinski definition) is 7. The smallest absolute Gasteiger partial charge is 0.223 e. The molecule has 0 amide bonds. The fraction of sp³-hybridized carbons (Fsp3) is 0.867. The highest BCUT2D eigenvalue weighted by atomic mass is 16.5. The van der Waals surface area contributed by atoms with Crippen molar-refractivity contribution in [2.75, 3.05) is 52.4 Å². The molecule has 7 nitrogen and oxygen atoms in total. The van der Waals surface area contributed by atoms with E-state index in [1.54, 1.807) is 0 Å². The molecule has 0 spiro atoms. The van der Waals surface area contributed by atoms with Gasteiger partial charge < -0.3 is 9.63 Å². The quantitative estimate of drug-likeness (QED) is 0.818. The minimum atomic E-state index is 0.272. The maximum absolute atomic E-state index is 9.01. The highest BCUT2D eigenvalue weighted by Crippen LogP contribution is 2.19. The number of piperidine rings is 1. The van der Waals surface area contributed by atoms with Crippen LogP contribution in [0.2, 0.25) is 0 Å². The van der Waals surface area contributed by atoms with Gasteiger partial charge in [-0.3, -0.25) is 14.7 Å². The van der Waals surface area contributed by atoms with Crippen LogP contribution in [0.25, 0.3) is 0 Å². The Bertz CT molecular complexity index is 451. The molecule has 22 heavy (non-hydrogen) atoms. The minimum Gasteiger partial charge on any atom is -0.395 e. The summed E-state index contributed by atoms with van der Waals surface area (Å²) < 4.78 is 5.03. The van der Waals surface area contributed by atoms with Gasteiger partial charge in [-0.2, -0.15) is 4.98 Å². The van der Waals surface area contributed by atoms with E-state index >= 15 is 0 Å². The highest BCUT2D eigenvalue weighted by Gasteiger charge is 2.27. The zero-order valence-electron chi connectivity index (χ0n) is 13.4. The number of aromatic nitrogens is 2. The molecule has 3 heterocycles. The first-order valence-electron chi connectivity index (χ1n) is 8.33. The van der Waals surface area contributed by atoms with E-state index in [0.717, 1.165) is 58.2 Å². The Hall–Kier alpha value is -1.02. The fourth-order valence-corrected chi connectivity index (χ4v) is 3.54. The zero-order chi connectivity index (χ0) is 15.4. The molecular formula is C15H27N5O2. The van der Waals surface area contributed by atoms with Gasteiger partial charge in [0.05, 0.1) is 13.2 Å². The summed E-state index contributed by atoms with van der Waals surface area (Å²) in [5.74, 6) is 1.44. The van der Waals surface area contributed by atoms with Crippen LogP contribution in [0.3, 0.4) is 0 Å². The summed E-state index contributed by atoms with van der Waals surface area (Å²) in [6, 6.07) is 0.708. The lowest BCUT2D eigenvalue weighted by Crippen LogP contribution is -2.53. The van der Waals surface area contributed by atoms with Crippen molar-refractivity contribution in [2.45, 2.75) is 32.4 Å². The van der Waals surface area contributed by atoms with Gasteiger partial charge in [-0.05, 0) is 12.8 Å². The maximum atomic E-state index is 9.01. The number of aliphatic hydroxyl groups excluding tert-OH is 1. The second kappa shape index (κ2) is 7.50. The number of rotatable bonds is 5. The lowest BCUT2D eigenvalue weighted by molar-refractivity contribution is 0.0510. The van der Waals surface area contributed by atoms with Crippen molar-refractivity contribution in [1.82, 2.24) is 24.8 Å². The third-order valence-electron chi connectivity index (χ3n) is 4.83. The largest absolute Gasteiger partial charge is 0.395 e. The first kappa shape index (κ1) is 15.9. The van der Waals surface area contributed by atoms with Crippen LogP contribution in [0, 0.1) is 6.92 Å². The van der Waals surface area contributed by atoms with E-state index in [9.17, 15) is 0 Å². The second-order valence-corrected chi connectivity index (χ2v) is 6.34. The molecule has 2 aliphatic heterocycles. The summed E-state index contributed by atoms with van der Waals surface area (Å²) in [5.41, 5.74) is 0. The Morgan fingerprint density at radius 2 is 1.82 bits per heavy atom. The summed E-state index contributed by atoms with van der Waals surface area (Å²) in [5, 5.41) is 13.0. The van der Waals surface area contributed by atoms with Crippen LogP contribution in [-0.4, -0.2) is 88.4 Å². The van der Waals surface area contributed by atoms with Gasteiger partial charge >= 0.3 is 0 Å². The van der Waals surface area contributed by atoms with Crippen LogP contribution in [-0.2, 0) is 6.54 Å². The molecule has 2 fully saturated rings. The Kier molecular flexibility index (Phi) is 5.41. The third-order valence-corrected chi connectivity index (χ3v) is 4.83. The average Bonchev–Trinajstić information content (AvgIpc) is 2.94. The molecule has 1 aromatic rings. The van der Waals surface area contributed by atoms with Gasteiger partial charge in [-0.1, -0.05) is 5.16 Å². The van der Waals surface area contributed by atoms with Crippen molar-refractivity contribution in [2.24, 2.45) is 0 Å². The molecule has 1 N–H and O–H groups in total. The maximum Gasteiger partial charge on any atom is 0.223 e.